The number of benzene rings is 2. The van der Waals surface area contributed by atoms with Gasteiger partial charge in [-0.05, 0) is 24.5 Å². The first-order chi connectivity index (χ1) is 14.3. The highest BCUT2D eigenvalue weighted by Gasteiger charge is 2.27. The van der Waals surface area contributed by atoms with Gasteiger partial charge in [0, 0.05) is 31.5 Å². The molecule has 8 heteroatoms. The zero-order valence-electron chi connectivity index (χ0n) is 17.5. The van der Waals surface area contributed by atoms with E-state index in [9.17, 15) is 19.7 Å². The standard InChI is InChI=1S/C22H27N3O4S/c1-4-20(22(27)23-3)24(13-17-7-5-16(2)6-8-17)21(26)15-30-14-18-9-11-19(12-10-18)25(28)29/h5-12,20H,4,13-15H2,1-3H3,(H,23,27)/t20-/m1/s1. The number of amides is 2. The number of carbonyl (C=O) groups is 2. The number of nitrogens with zero attached hydrogens (tertiary/aromatic N) is 2. The summed E-state index contributed by atoms with van der Waals surface area (Å²) in [5, 5.41) is 13.4. The monoisotopic (exact) mass is 429 g/mol. The Balaban J connectivity index is 2.06. The van der Waals surface area contributed by atoms with E-state index in [-0.39, 0.29) is 23.3 Å². The molecule has 0 heterocycles. The fourth-order valence-electron chi connectivity index (χ4n) is 3.03. The van der Waals surface area contributed by atoms with Crippen LogP contribution in [0.25, 0.3) is 0 Å². The van der Waals surface area contributed by atoms with E-state index in [1.807, 2.05) is 38.1 Å². The number of hydrogen-bond donors (Lipinski definition) is 1. The molecular weight excluding hydrogens is 402 g/mol. The number of carbonyl (C=O) groups excluding carboxylic acids is 2. The molecule has 0 aliphatic heterocycles. The van der Waals surface area contributed by atoms with Crippen LogP contribution in [0.15, 0.2) is 48.5 Å². The van der Waals surface area contributed by atoms with E-state index < -0.39 is 11.0 Å². The Labute approximate surface area is 181 Å². The molecule has 0 saturated heterocycles. The van der Waals surface area contributed by atoms with Crippen LogP contribution in [-0.4, -0.2) is 40.5 Å². The van der Waals surface area contributed by atoms with Gasteiger partial charge < -0.3 is 10.2 Å². The van der Waals surface area contributed by atoms with Crippen molar-refractivity contribution in [2.75, 3.05) is 12.8 Å². The maximum absolute atomic E-state index is 13.0. The van der Waals surface area contributed by atoms with Crippen LogP contribution in [0.1, 0.15) is 30.0 Å². The summed E-state index contributed by atoms with van der Waals surface area (Å²) in [5.41, 5.74) is 3.05. The molecule has 0 aliphatic carbocycles. The SMILES string of the molecule is CC[C@H](C(=O)NC)N(Cc1ccc(C)cc1)C(=O)CSCc1ccc([N+](=O)[O-])cc1. The summed E-state index contributed by atoms with van der Waals surface area (Å²) in [5.74, 6) is 0.478. The van der Waals surface area contributed by atoms with E-state index in [2.05, 4.69) is 5.32 Å². The molecule has 0 saturated carbocycles. The van der Waals surface area contributed by atoms with E-state index in [0.717, 1.165) is 16.7 Å². The molecule has 30 heavy (non-hydrogen) atoms. The summed E-state index contributed by atoms with van der Waals surface area (Å²) >= 11 is 1.42. The third-order valence-corrected chi connectivity index (χ3v) is 5.74. The minimum Gasteiger partial charge on any atom is -0.357 e. The normalized spacial score (nSPS) is 11.6. The van der Waals surface area contributed by atoms with Crippen LogP contribution >= 0.6 is 11.8 Å². The molecule has 0 aliphatic rings. The molecule has 2 rings (SSSR count). The molecule has 2 aromatic rings. The van der Waals surface area contributed by atoms with Crippen LogP contribution in [-0.2, 0) is 21.9 Å². The van der Waals surface area contributed by atoms with Gasteiger partial charge in [-0.2, -0.15) is 0 Å². The van der Waals surface area contributed by atoms with Crippen molar-refractivity contribution >= 4 is 29.3 Å². The van der Waals surface area contributed by atoms with Crippen molar-refractivity contribution < 1.29 is 14.5 Å². The maximum Gasteiger partial charge on any atom is 0.269 e. The molecule has 0 unspecified atom stereocenters. The van der Waals surface area contributed by atoms with Gasteiger partial charge in [0.05, 0.1) is 10.7 Å². The molecule has 0 aromatic heterocycles. The van der Waals surface area contributed by atoms with Gasteiger partial charge in [0.25, 0.3) is 5.69 Å². The second kappa shape index (κ2) is 11.3. The summed E-state index contributed by atoms with van der Waals surface area (Å²) in [7, 11) is 1.57. The van der Waals surface area contributed by atoms with Crippen LogP contribution in [0.4, 0.5) is 5.69 Å². The molecular formula is C22H27N3O4S. The van der Waals surface area contributed by atoms with Crippen molar-refractivity contribution in [3.05, 3.63) is 75.3 Å². The zero-order chi connectivity index (χ0) is 22.1. The van der Waals surface area contributed by atoms with Crippen molar-refractivity contribution in [3.63, 3.8) is 0 Å². The Bertz CT molecular complexity index is 869. The Hall–Kier alpha value is -2.87. The van der Waals surface area contributed by atoms with E-state index in [4.69, 9.17) is 0 Å². The first-order valence-electron chi connectivity index (χ1n) is 9.73. The fourth-order valence-corrected chi connectivity index (χ4v) is 3.90. The van der Waals surface area contributed by atoms with Crippen molar-refractivity contribution in [1.82, 2.24) is 10.2 Å². The molecule has 160 valence electrons. The lowest BCUT2D eigenvalue weighted by molar-refractivity contribution is -0.384. The van der Waals surface area contributed by atoms with Crippen LogP contribution in [0.2, 0.25) is 0 Å². The molecule has 1 N–H and O–H groups in total. The second-order valence-corrected chi connectivity index (χ2v) is 7.95. The van der Waals surface area contributed by atoms with Crippen molar-refractivity contribution in [3.8, 4) is 0 Å². The quantitative estimate of drug-likeness (QED) is 0.459. The predicted octanol–water partition coefficient (Wildman–Crippen LogP) is 3.69. The van der Waals surface area contributed by atoms with Gasteiger partial charge >= 0.3 is 0 Å². The van der Waals surface area contributed by atoms with Crippen molar-refractivity contribution in [1.29, 1.82) is 0 Å². The van der Waals surface area contributed by atoms with Crippen LogP contribution < -0.4 is 5.32 Å². The summed E-state index contributed by atoms with van der Waals surface area (Å²) in [6, 6.07) is 13.7. The lowest BCUT2D eigenvalue weighted by Crippen LogP contribution is -2.48. The van der Waals surface area contributed by atoms with Crippen LogP contribution in [0.3, 0.4) is 0 Å². The number of aryl methyl sites for hydroxylation is 1. The lowest BCUT2D eigenvalue weighted by atomic mass is 10.1. The number of non-ortho nitro benzene ring substituents is 1. The van der Waals surface area contributed by atoms with Gasteiger partial charge in [-0.15, -0.1) is 11.8 Å². The lowest BCUT2D eigenvalue weighted by Gasteiger charge is -2.30. The van der Waals surface area contributed by atoms with E-state index in [1.54, 1.807) is 24.1 Å². The molecule has 0 bridgehead atoms. The van der Waals surface area contributed by atoms with Gasteiger partial charge in [0.1, 0.15) is 6.04 Å². The highest BCUT2D eigenvalue weighted by Crippen LogP contribution is 2.19. The van der Waals surface area contributed by atoms with E-state index in [0.29, 0.717) is 18.7 Å². The highest BCUT2D eigenvalue weighted by atomic mass is 32.2. The average molecular weight is 430 g/mol. The zero-order valence-corrected chi connectivity index (χ0v) is 18.3. The average Bonchev–Trinajstić information content (AvgIpc) is 2.75. The van der Waals surface area contributed by atoms with Gasteiger partial charge in [0.15, 0.2) is 0 Å². The second-order valence-electron chi connectivity index (χ2n) is 6.96. The predicted molar refractivity (Wildman–Crippen MR) is 119 cm³/mol. The Kier molecular flexibility index (Phi) is 8.86. The van der Waals surface area contributed by atoms with E-state index in [1.165, 1.54) is 23.9 Å². The molecule has 0 radical (unpaired) electrons. The Morgan fingerprint density at radius 2 is 1.70 bits per heavy atom. The fraction of sp³-hybridized carbons (Fsp3) is 0.364. The molecule has 0 fully saturated rings. The number of thioether (sulfide) groups is 1. The summed E-state index contributed by atoms with van der Waals surface area (Å²) < 4.78 is 0. The Morgan fingerprint density at radius 1 is 1.10 bits per heavy atom. The third kappa shape index (κ3) is 6.59. The number of likely N-dealkylation sites (N-methyl/N-ethyl adjacent to an activating group) is 1. The smallest absolute Gasteiger partial charge is 0.269 e. The number of nitro groups is 1. The Morgan fingerprint density at radius 3 is 2.23 bits per heavy atom. The number of rotatable bonds is 10. The summed E-state index contributed by atoms with van der Waals surface area (Å²) in [6.07, 6.45) is 0.518. The van der Waals surface area contributed by atoms with E-state index >= 15 is 0 Å². The molecule has 1 atom stereocenters. The molecule has 2 amide bonds. The number of nitro benzene ring substituents is 1. The van der Waals surface area contributed by atoms with Crippen LogP contribution in [0, 0.1) is 17.0 Å². The maximum atomic E-state index is 13.0. The van der Waals surface area contributed by atoms with Crippen molar-refractivity contribution in [2.45, 2.75) is 38.6 Å². The number of nitrogens with one attached hydrogen (secondary N) is 1. The van der Waals surface area contributed by atoms with Crippen molar-refractivity contribution in [2.24, 2.45) is 0 Å². The first kappa shape index (κ1) is 23.4. The van der Waals surface area contributed by atoms with Gasteiger partial charge in [-0.3, -0.25) is 19.7 Å². The highest BCUT2D eigenvalue weighted by molar-refractivity contribution is 7.99. The number of hydrogen-bond acceptors (Lipinski definition) is 5. The topological polar surface area (TPSA) is 92.6 Å². The minimum absolute atomic E-state index is 0.0421. The minimum atomic E-state index is -0.538. The largest absolute Gasteiger partial charge is 0.357 e. The van der Waals surface area contributed by atoms with Gasteiger partial charge in [-0.25, -0.2) is 0 Å². The summed E-state index contributed by atoms with van der Waals surface area (Å²) in [6.45, 7) is 4.25. The summed E-state index contributed by atoms with van der Waals surface area (Å²) in [4.78, 5) is 37.3. The molecule has 2 aromatic carbocycles. The van der Waals surface area contributed by atoms with Gasteiger partial charge in [0.2, 0.25) is 11.8 Å². The van der Waals surface area contributed by atoms with Gasteiger partial charge in [-0.1, -0.05) is 48.9 Å². The first-order valence-corrected chi connectivity index (χ1v) is 10.9. The molecule has 7 nitrogen and oxygen atoms in total. The third-order valence-electron chi connectivity index (χ3n) is 4.75. The van der Waals surface area contributed by atoms with Crippen LogP contribution in [0.5, 0.6) is 0 Å². The molecule has 0 spiro atoms.